The molecule has 1 aromatic heterocycles. The second-order valence-electron chi connectivity index (χ2n) is 3.25. The lowest BCUT2D eigenvalue weighted by atomic mass is 10.2. The van der Waals surface area contributed by atoms with Crippen molar-refractivity contribution in [2.24, 2.45) is 0 Å². The molecule has 0 amide bonds. The molecule has 0 bridgehead atoms. The smallest absolute Gasteiger partial charge is 0.258 e. The van der Waals surface area contributed by atoms with Gasteiger partial charge in [0.25, 0.3) is 5.89 Å². The molecule has 5 nitrogen and oxygen atoms in total. The average Bonchev–Trinajstić information content (AvgIpc) is 2.75. The number of rotatable bonds is 3. The highest BCUT2D eigenvalue weighted by Gasteiger charge is 2.09. The van der Waals surface area contributed by atoms with E-state index in [1.807, 2.05) is 12.1 Å². The minimum Gasteiger partial charge on any atom is -0.497 e. The van der Waals surface area contributed by atoms with Crippen LogP contribution in [0.4, 0.5) is 0 Å². The summed E-state index contributed by atoms with van der Waals surface area (Å²) in [4.78, 5) is 4.14. The van der Waals surface area contributed by atoms with Crippen LogP contribution in [0.2, 0.25) is 0 Å². The van der Waals surface area contributed by atoms with Gasteiger partial charge in [-0.1, -0.05) is 5.16 Å². The molecule has 0 unspecified atom stereocenters. The first-order chi connectivity index (χ1) is 7.72. The molecule has 0 fully saturated rings. The first-order valence-electron chi connectivity index (χ1n) is 4.76. The molecule has 2 rings (SSSR count). The molecule has 0 radical (unpaired) electrons. The minimum atomic E-state index is 0.453. The molecule has 0 aliphatic carbocycles. The van der Waals surface area contributed by atoms with Crippen molar-refractivity contribution in [3.05, 3.63) is 24.0 Å². The Kier molecular flexibility index (Phi) is 2.76. The van der Waals surface area contributed by atoms with Gasteiger partial charge in [-0.25, -0.2) is 0 Å². The molecule has 1 aromatic carbocycles. The molecule has 0 aliphatic rings. The molecule has 0 spiro atoms. The van der Waals surface area contributed by atoms with Gasteiger partial charge in [-0.05, 0) is 19.1 Å². The van der Waals surface area contributed by atoms with Crippen molar-refractivity contribution in [3.8, 4) is 23.0 Å². The molecule has 16 heavy (non-hydrogen) atoms. The molecule has 0 saturated heterocycles. The number of aromatic nitrogens is 2. The molecular formula is C11H12N2O3. The SMILES string of the molecule is COc1cc(OC)cc(-c2nc(C)no2)c1. The van der Waals surface area contributed by atoms with Crippen LogP contribution >= 0.6 is 0 Å². The van der Waals surface area contributed by atoms with Crippen molar-refractivity contribution in [2.75, 3.05) is 14.2 Å². The van der Waals surface area contributed by atoms with Gasteiger partial charge in [-0.3, -0.25) is 0 Å². The summed E-state index contributed by atoms with van der Waals surface area (Å²) >= 11 is 0. The first kappa shape index (κ1) is 10.5. The Labute approximate surface area is 93.0 Å². The van der Waals surface area contributed by atoms with Gasteiger partial charge in [0.15, 0.2) is 5.82 Å². The monoisotopic (exact) mass is 220 g/mol. The molecule has 84 valence electrons. The van der Waals surface area contributed by atoms with Crippen molar-refractivity contribution < 1.29 is 14.0 Å². The van der Waals surface area contributed by atoms with Crippen molar-refractivity contribution in [3.63, 3.8) is 0 Å². The lowest BCUT2D eigenvalue weighted by Crippen LogP contribution is -1.89. The van der Waals surface area contributed by atoms with Gasteiger partial charge in [-0.15, -0.1) is 0 Å². The number of ether oxygens (including phenoxy) is 2. The summed E-state index contributed by atoms with van der Waals surface area (Å²) in [5.74, 6) is 2.42. The third-order valence-corrected chi connectivity index (χ3v) is 2.13. The molecule has 1 heterocycles. The zero-order valence-corrected chi connectivity index (χ0v) is 9.35. The fourth-order valence-corrected chi connectivity index (χ4v) is 1.35. The number of hydrogen-bond acceptors (Lipinski definition) is 5. The van der Waals surface area contributed by atoms with Gasteiger partial charge >= 0.3 is 0 Å². The van der Waals surface area contributed by atoms with Gasteiger partial charge in [0, 0.05) is 11.6 Å². The van der Waals surface area contributed by atoms with Crippen molar-refractivity contribution in [1.82, 2.24) is 10.1 Å². The van der Waals surface area contributed by atoms with Crippen molar-refractivity contribution >= 4 is 0 Å². The number of aryl methyl sites for hydroxylation is 1. The summed E-state index contributed by atoms with van der Waals surface area (Å²) in [6, 6.07) is 5.41. The zero-order chi connectivity index (χ0) is 11.5. The summed E-state index contributed by atoms with van der Waals surface area (Å²) in [6.07, 6.45) is 0. The van der Waals surface area contributed by atoms with Crippen molar-refractivity contribution in [2.45, 2.75) is 6.92 Å². The van der Waals surface area contributed by atoms with Gasteiger partial charge < -0.3 is 14.0 Å². The summed E-state index contributed by atoms with van der Waals surface area (Å²) in [5, 5.41) is 3.74. The lowest BCUT2D eigenvalue weighted by Gasteiger charge is -2.05. The Morgan fingerprint density at radius 1 is 1.06 bits per heavy atom. The van der Waals surface area contributed by atoms with Crippen LogP contribution in [0.3, 0.4) is 0 Å². The quantitative estimate of drug-likeness (QED) is 0.792. The van der Waals surface area contributed by atoms with Gasteiger partial charge in [-0.2, -0.15) is 4.98 Å². The third-order valence-electron chi connectivity index (χ3n) is 2.13. The first-order valence-corrected chi connectivity index (χ1v) is 4.76. The van der Waals surface area contributed by atoms with Crippen LogP contribution in [0.25, 0.3) is 11.5 Å². The van der Waals surface area contributed by atoms with Gasteiger partial charge in [0.1, 0.15) is 11.5 Å². The fourth-order valence-electron chi connectivity index (χ4n) is 1.35. The maximum atomic E-state index is 5.16. The lowest BCUT2D eigenvalue weighted by molar-refractivity contribution is 0.393. The van der Waals surface area contributed by atoms with E-state index in [2.05, 4.69) is 10.1 Å². The number of hydrogen-bond donors (Lipinski definition) is 0. The van der Waals surface area contributed by atoms with E-state index < -0.39 is 0 Å². The molecule has 5 heteroatoms. The highest BCUT2D eigenvalue weighted by atomic mass is 16.5. The predicted molar refractivity (Wildman–Crippen MR) is 57.6 cm³/mol. The maximum absolute atomic E-state index is 5.16. The van der Waals surface area contributed by atoms with E-state index in [0.717, 1.165) is 5.56 Å². The Hall–Kier alpha value is -2.04. The third kappa shape index (κ3) is 1.98. The molecule has 0 N–H and O–H groups in total. The average molecular weight is 220 g/mol. The number of nitrogens with zero attached hydrogens (tertiary/aromatic N) is 2. The summed E-state index contributed by atoms with van der Waals surface area (Å²) in [7, 11) is 3.19. The summed E-state index contributed by atoms with van der Waals surface area (Å²) in [5.41, 5.74) is 0.775. The number of methoxy groups -OCH3 is 2. The van der Waals surface area contributed by atoms with E-state index >= 15 is 0 Å². The van der Waals surface area contributed by atoms with E-state index in [1.165, 1.54) is 0 Å². The van der Waals surface area contributed by atoms with Crippen LogP contribution < -0.4 is 9.47 Å². The Bertz CT molecular complexity index is 471. The second kappa shape index (κ2) is 4.22. The van der Waals surface area contributed by atoms with Crippen LogP contribution in [0.5, 0.6) is 11.5 Å². The fraction of sp³-hybridized carbons (Fsp3) is 0.273. The normalized spacial score (nSPS) is 10.2. The van der Waals surface area contributed by atoms with Crippen molar-refractivity contribution in [1.29, 1.82) is 0 Å². The minimum absolute atomic E-state index is 0.453. The van der Waals surface area contributed by atoms with E-state index in [4.69, 9.17) is 14.0 Å². The molecule has 2 aromatic rings. The maximum Gasteiger partial charge on any atom is 0.258 e. The standard InChI is InChI=1S/C11H12N2O3/c1-7-12-11(16-13-7)8-4-9(14-2)6-10(5-8)15-3/h4-6H,1-3H3. The highest BCUT2D eigenvalue weighted by molar-refractivity contribution is 5.59. The molecular weight excluding hydrogens is 208 g/mol. The van der Waals surface area contributed by atoms with E-state index in [1.54, 1.807) is 27.2 Å². The van der Waals surface area contributed by atoms with E-state index in [9.17, 15) is 0 Å². The Balaban J connectivity index is 2.47. The molecule has 0 atom stereocenters. The molecule has 0 saturated carbocycles. The summed E-state index contributed by atoms with van der Waals surface area (Å²) < 4.78 is 15.4. The van der Waals surface area contributed by atoms with Crippen LogP contribution in [0.15, 0.2) is 22.7 Å². The topological polar surface area (TPSA) is 57.4 Å². The van der Waals surface area contributed by atoms with E-state index in [0.29, 0.717) is 23.2 Å². The largest absolute Gasteiger partial charge is 0.497 e. The zero-order valence-electron chi connectivity index (χ0n) is 9.35. The Morgan fingerprint density at radius 2 is 1.69 bits per heavy atom. The van der Waals surface area contributed by atoms with Gasteiger partial charge in [0.2, 0.25) is 0 Å². The van der Waals surface area contributed by atoms with Crippen LogP contribution in [0, 0.1) is 6.92 Å². The Morgan fingerprint density at radius 3 is 2.12 bits per heavy atom. The van der Waals surface area contributed by atoms with E-state index in [-0.39, 0.29) is 0 Å². The van der Waals surface area contributed by atoms with Crippen LogP contribution in [0.1, 0.15) is 5.82 Å². The second-order valence-corrected chi connectivity index (χ2v) is 3.25. The highest BCUT2D eigenvalue weighted by Crippen LogP contribution is 2.28. The molecule has 0 aliphatic heterocycles. The van der Waals surface area contributed by atoms with Gasteiger partial charge in [0.05, 0.1) is 14.2 Å². The number of benzene rings is 1. The summed E-state index contributed by atoms with van der Waals surface area (Å²) in [6.45, 7) is 1.77. The predicted octanol–water partition coefficient (Wildman–Crippen LogP) is 2.06. The van der Waals surface area contributed by atoms with Crippen LogP contribution in [-0.2, 0) is 0 Å². The van der Waals surface area contributed by atoms with Crippen LogP contribution in [-0.4, -0.2) is 24.4 Å².